The Kier molecular flexibility index (Phi) is 4.73. The van der Waals surface area contributed by atoms with E-state index in [0.29, 0.717) is 28.0 Å². The van der Waals surface area contributed by atoms with E-state index < -0.39 is 11.3 Å². The number of carbonyl (C=O) groups is 2. The van der Waals surface area contributed by atoms with Gasteiger partial charge in [0, 0.05) is 22.7 Å². The standard InChI is InChI=1S/C23H26N4O2/c1-23(2,3)20(28)16-11-25-22-19(16)27-17(12-26-22)14-9-6-10-15(21(24)29)18(14)13-7-4-5-8-13/h6,9-13H,4-5,7-8H2,1-3H3,(H2,24,29)(H,25,26). The van der Waals surface area contributed by atoms with E-state index in [2.05, 4.69) is 9.97 Å². The van der Waals surface area contributed by atoms with E-state index >= 15 is 0 Å². The predicted octanol–water partition coefficient (Wildman–Crippen LogP) is 4.61. The zero-order chi connectivity index (χ0) is 20.8. The highest BCUT2D eigenvalue weighted by atomic mass is 16.1. The van der Waals surface area contributed by atoms with Gasteiger partial charge in [0.05, 0.1) is 17.5 Å². The Labute approximate surface area is 169 Å². The van der Waals surface area contributed by atoms with E-state index in [0.717, 1.165) is 36.8 Å². The summed E-state index contributed by atoms with van der Waals surface area (Å²) in [7, 11) is 0. The number of aromatic nitrogens is 3. The molecule has 1 saturated carbocycles. The van der Waals surface area contributed by atoms with Gasteiger partial charge in [-0.05, 0) is 30.4 Å². The lowest BCUT2D eigenvalue weighted by molar-refractivity contribution is 0.0859. The Morgan fingerprint density at radius 3 is 2.52 bits per heavy atom. The van der Waals surface area contributed by atoms with Gasteiger partial charge >= 0.3 is 0 Å². The summed E-state index contributed by atoms with van der Waals surface area (Å²) in [6, 6.07) is 5.59. The SMILES string of the molecule is CC(C)(C)C(=O)c1c[nH]c2ncc(-c3cccc(C(N)=O)c3C3CCCC3)nc12. The van der Waals surface area contributed by atoms with Crippen LogP contribution in [-0.2, 0) is 0 Å². The van der Waals surface area contributed by atoms with Crippen LogP contribution in [0.2, 0.25) is 0 Å². The van der Waals surface area contributed by atoms with Gasteiger partial charge in [-0.25, -0.2) is 9.97 Å². The second kappa shape index (κ2) is 7.10. The number of nitrogens with two attached hydrogens (primary N) is 1. The van der Waals surface area contributed by atoms with Crippen LogP contribution in [-0.4, -0.2) is 26.6 Å². The van der Waals surface area contributed by atoms with Gasteiger partial charge < -0.3 is 10.7 Å². The fraction of sp³-hybridized carbons (Fsp3) is 0.391. The quantitative estimate of drug-likeness (QED) is 0.635. The van der Waals surface area contributed by atoms with Gasteiger partial charge in [0.1, 0.15) is 5.52 Å². The third-order valence-corrected chi connectivity index (χ3v) is 5.72. The van der Waals surface area contributed by atoms with Crippen LogP contribution >= 0.6 is 0 Å². The molecule has 3 N–H and O–H groups in total. The normalized spacial score (nSPS) is 15.1. The number of hydrogen-bond acceptors (Lipinski definition) is 4. The first-order valence-electron chi connectivity index (χ1n) is 10.1. The zero-order valence-electron chi connectivity index (χ0n) is 17.1. The predicted molar refractivity (Wildman–Crippen MR) is 113 cm³/mol. The number of benzene rings is 1. The molecule has 1 aliphatic rings. The molecule has 2 aromatic heterocycles. The molecule has 0 radical (unpaired) electrons. The van der Waals surface area contributed by atoms with Crippen LogP contribution in [0.25, 0.3) is 22.4 Å². The van der Waals surface area contributed by atoms with E-state index in [1.165, 1.54) is 0 Å². The molecule has 0 unspecified atom stereocenters. The first-order chi connectivity index (χ1) is 13.8. The molecular formula is C23H26N4O2. The third kappa shape index (κ3) is 3.43. The maximum absolute atomic E-state index is 12.9. The average Bonchev–Trinajstić information content (AvgIpc) is 3.35. The number of ketones is 1. The molecule has 0 spiro atoms. The number of carbonyl (C=O) groups excluding carboxylic acids is 2. The zero-order valence-corrected chi connectivity index (χ0v) is 17.1. The molecule has 4 rings (SSSR count). The average molecular weight is 390 g/mol. The second-order valence-electron chi connectivity index (χ2n) is 8.85. The van der Waals surface area contributed by atoms with Crippen molar-refractivity contribution in [2.75, 3.05) is 0 Å². The second-order valence-corrected chi connectivity index (χ2v) is 8.85. The summed E-state index contributed by atoms with van der Waals surface area (Å²) < 4.78 is 0. The Bertz CT molecular complexity index is 1100. The number of nitrogens with zero attached hydrogens (tertiary/aromatic N) is 2. The van der Waals surface area contributed by atoms with Crippen LogP contribution < -0.4 is 5.73 Å². The summed E-state index contributed by atoms with van der Waals surface area (Å²) >= 11 is 0. The highest BCUT2D eigenvalue weighted by molar-refractivity contribution is 6.08. The van der Waals surface area contributed by atoms with Crippen molar-refractivity contribution < 1.29 is 9.59 Å². The molecule has 150 valence electrons. The van der Waals surface area contributed by atoms with Gasteiger partial charge in [-0.3, -0.25) is 9.59 Å². The minimum absolute atomic E-state index is 0.0112. The van der Waals surface area contributed by atoms with Crippen LogP contribution in [0.3, 0.4) is 0 Å². The number of nitrogens with one attached hydrogen (secondary N) is 1. The Morgan fingerprint density at radius 1 is 1.14 bits per heavy atom. The summed E-state index contributed by atoms with van der Waals surface area (Å²) in [6.45, 7) is 5.67. The fourth-order valence-electron chi connectivity index (χ4n) is 4.26. The number of fused-ring (bicyclic) bond motifs is 1. The van der Waals surface area contributed by atoms with Crippen LogP contribution in [0, 0.1) is 5.41 Å². The van der Waals surface area contributed by atoms with Crippen molar-refractivity contribution in [1.29, 1.82) is 0 Å². The van der Waals surface area contributed by atoms with Gasteiger partial charge in [0.15, 0.2) is 11.4 Å². The number of rotatable bonds is 4. The van der Waals surface area contributed by atoms with Gasteiger partial charge in [-0.15, -0.1) is 0 Å². The molecule has 0 aliphatic heterocycles. The highest BCUT2D eigenvalue weighted by Crippen LogP contribution is 2.41. The van der Waals surface area contributed by atoms with Crippen molar-refractivity contribution in [3.05, 3.63) is 47.3 Å². The smallest absolute Gasteiger partial charge is 0.249 e. The van der Waals surface area contributed by atoms with Gasteiger partial charge in [0.25, 0.3) is 0 Å². The molecule has 3 aromatic rings. The maximum atomic E-state index is 12.9. The fourth-order valence-corrected chi connectivity index (χ4v) is 4.26. The summed E-state index contributed by atoms with van der Waals surface area (Å²) in [6.07, 6.45) is 7.73. The monoisotopic (exact) mass is 390 g/mol. The Hall–Kier alpha value is -3.02. The minimum Gasteiger partial charge on any atom is -0.366 e. The van der Waals surface area contributed by atoms with Crippen LogP contribution in [0.1, 0.15) is 78.7 Å². The van der Waals surface area contributed by atoms with E-state index in [-0.39, 0.29) is 11.7 Å². The lowest BCUT2D eigenvalue weighted by atomic mass is 9.86. The topological polar surface area (TPSA) is 102 Å². The van der Waals surface area contributed by atoms with Crippen molar-refractivity contribution in [3.63, 3.8) is 0 Å². The molecule has 0 bridgehead atoms. The van der Waals surface area contributed by atoms with Crippen molar-refractivity contribution in [3.8, 4) is 11.3 Å². The molecule has 29 heavy (non-hydrogen) atoms. The summed E-state index contributed by atoms with van der Waals surface area (Å²) in [5.41, 5.74) is 9.89. The summed E-state index contributed by atoms with van der Waals surface area (Å²) in [5, 5.41) is 0. The molecule has 6 nitrogen and oxygen atoms in total. The Balaban J connectivity index is 1.90. The molecule has 2 heterocycles. The number of Topliss-reactive ketones (excluding diaryl/α,β-unsaturated/α-hetero) is 1. The molecule has 1 amide bonds. The van der Waals surface area contributed by atoms with Crippen molar-refractivity contribution in [2.45, 2.75) is 52.4 Å². The molecule has 1 fully saturated rings. The van der Waals surface area contributed by atoms with Gasteiger partial charge in [-0.1, -0.05) is 45.7 Å². The highest BCUT2D eigenvalue weighted by Gasteiger charge is 2.28. The molecular weight excluding hydrogens is 364 g/mol. The number of H-pyrrole nitrogens is 1. The lowest BCUT2D eigenvalue weighted by Crippen LogP contribution is -2.20. The minimum atomic E-state index is -0.520. The lowest BCUT2D eigenvalue weighted by Gasteiger charge is -2.18. The molecule has 1 aromatic carbocycles. The van der Waals surface area contributed by atoms with E-state index in [9.17, 15) is 9.59 Å². The number of aromatic amines is 1. The van der Waals surface area contributed by atoms with E-state index in [1.807, 2.05) is 32.9 Å². The molecule has 0 saturated heterocycles. The first-order valence-corrected chi connectivity index (χ1v) is 10.1. The third-order valence-electron chi connectivity index (χ3n) is 5.72. The van der Waals surface area contributed by atoms with Gasteiger partial charge in [-0.2, -0.15) is 0 Å². The van der Waals surface area contributed by atoms with Gasteiger partial charge in [0.2, 0.25) is 5.91 Å². The largest absolute Gasteiger partial charge is 0.366 e. The van der Waals surface area contributed by atoms with Crippen LogP contribution in [0.4, 0.5) is 0 Å². The van der Waals surface area contributed by atoms with Crippen molar-refractivity contribution in [2.24, 2.45) is 11.1 Å². The maximum Gasteiger partial charge on any atom is 0.249 e. The number of hydrogen-bond donors (Lipinski definition) is 2. The summed E-state index contributed by atoms with van der Waals surface area (Å²) in [5.74, 6) is -0.127. The summed E-state index contributed by atoms with van der Waals surface area (Å²) in [4.78, 5) is 37.3. The van der Waals surface area contributed by atoms with Crippen molar-refractivity contribution >= 4 is 22.9 Å². The molecule has 6 heteroatoms. The molecule has 0 atom stereocenters. The van der Waals surface area contributed by atoms with E-state index in [1.54, 1.807) is 18.5 Å². The van der Waals surface area contributed by atoms with Crippen LogP contribution in [0.5, 0.6) is 0 Å². The molecule has 1 aliphatic carbocycles. The van der Waals surface area contributed by atoms with E-state index in [4.69, 9.17) is 10.7 Å². The number of amides is 1. The van der Waals surface area contributed by atoms with Crippen molar-refractivity contribution in [1.82, 2.24) is 15.0 Å². The first kappa shape index (κ1) is 19.3. The Morgan fingerprint density at radius 2 is 1.86 bits per heavy atom. The van der Waals surface area contributed by atoms with Crippen LogP contribution in [0.15, 0.2) is 30.6 Å². The number of primary amides is 1.